The van der Waals surface area contributed by atoms with Crippen LogP contribution in [0.5, 0.6) is 5.75 Å². The molecule has 1 saturated heterocycles. The molecule has 39 heavy (non-hydrogen) atoms. The molecule has 11 heteroatoms. The van der Waals surface area contributed by atoms with Crippen LogP contribution in [0.3, 0.4) is 0 Å². The molecule has 1 aliphatic heterocycles. The number of carbonyl (C=O) groups is 1. The number of aliphatic carboxylic acids is 1. The van der Waals surface area contributed by atoms with Gasteiger partial charge in [0.25, 0.3) is 0 Å². The Bertz CT molecular complexity index is 1440. The maximum absolute atomic E-state index is 13.0. The van der Waals surface area contributed by atoms with Crippen molar-refractivity contribution in [1.82, 2.24) is 9.55 Å². The number of benzene rings is 2. The quantitative estimate of drug-likeness (QED) is 0.241. The van der Waals surface area contributed by atoms with Gasteiger partial charge in [0.1, 0.15) is 23.4 Å². The second kappa shape index (κ2) is 11.4. The molecule has 206 valence electrons. The minimum atomic E-state index is -4.41. The first-order valence-electron chi connectivity index (χ1n) is 12.5. The highest BCUT2D eigenvalue weighted by Crippen LogP contribution is 2.38. The molecule has 5 rings (SSSR count). The summed E-state index contributed by atoms with van der Waals surface area (Å²) in [6.07, 6.45) is -1.49. The molecule has 4 aromatic rings. The lowest BCUT2D eigenvalue weighted by molar-refractivity contribution is -0.183. The third kappa shape index (κ3) is 6.43. The van der Waals surface area contributed by atoms with Gasteiger partial charge in [-0.25, -0.2) is 4.98 Å². The van der Waals surface area contributed by atoms with Gasteiger partial charge in [-0.05, 0) is 55.5 Å². The predicted octanol–water partition coefficient (Wildman–Crippen LogP) is 6.84. The zero-order chi connectivity index (χ0) is 27.6. The van der Waals surface area contributed by atoms with Crippen molar-refractivity contribution in [3.63, 3.8) is 0 Å². The van der Waals surface area contributed by atoms with Crippen molar-refractivity contribution in [2.75, 3.05) is 13.2 Å². The Morgan fingerprint density at radius 3 is 2.62 bits per heavy atom. The summed E-state index contributed by atoms with van der Waals surface area (Å²) in [4.78, 5) is 16.8. The summed E-state index contributed by atoms with van der Waals surface area (Å²) in [7, 11) is 0. The number of aromatic nitrogens is 2. The van der Waals surface area contributed by atoms with E-state index in [1.165, 1.54) is 23.5 Å². The highest BCUT2D eigenvalue weighted by atomic mass is 32.1. The molecular weight excluding hydrogens is 533 g/mol. The molecule has 1 atom stereocenters. The van der Waals surface area contributed by atoms with Gasteiger partial charge in [0.15, 0.2) is 6.29 Å². The Kier molecular flexibility index (Phi) is 7.92. The number of carboxylic acid groups (broad SMARTS) is 1. The molecule has 3 heterocycles. The summed E-state index contributed by atoms with van der Waals surface area (Å²) < 4.78 is 58.6. The van der Waals surface area contributed by atoms with Gasteiger partial charge in [0.2, 0.25) is 0 Å². The van der Waals surface area contributed by atoms with E-state index in [1.807, 2.05) is 31.2 Å². The van der Waals surface area contributed by atoms with Gasteiger partial charge in [0, 0.05) is 24.2 Å². The Morgan fingerprint density at radius 1 is 1.18 bits per heavy atom. The van der Waals surface area contributed by atoms with Gasteiger partial charge in [-0.15, -0.1) is 11.3 Å². The molecule has 0 radical (unpaired) electrons. The highest BCUT2D eigenvalue weighted by molar-refractivity contribution is 7.15. The van der Waals surface area contributed by atoms with Crippen molar-refractivity contribution in [2.45, 2.75) is 51.3 Å². The van der Waals surface area contributed by atoms with Crippen LogP contribution < -0.4 is 4.74 Å². The SMILES string of the molecule is Cc1nc(-c2ccc(C(F)(F)F)cc2)sc1C(CCC1OCCCO1)Oc1ccc2ccn(CC(=O)O)c2c1. The molecule has 0 saturated carbocycles. The third-order valence-corrected chi connectivity index (χ3v) is 7.77. The van der Waals surface area contributed by atoms with Gasteiger partial charge < -0.3 is 23.9 Å². The largest absolute Gasteiger partial charge is 0.485 e. The maximum atomic E-state index is 13.0. The molecule has 1 unspecified atom stereocenters. The lowest BCUT2D eigenvalue weighted by Crippen LogP contribution is -2.25. The van der Waals surface area contributed by atoms with Gasteiger partial charge in [-0.1, -0.05) is 12.1 Å². The Morgan fingerprint density at radius 2 is 1.92 bits per heavy atom. The van der Waals surface area contributed by atoms with Crippen LogP contribution in [0, 0.1) is 6.92 Å². The second-order valence-corrected chi connectivity index (χ2v) is 10.3. The summed E-state index contributed by atoms with van der Waals surface area (Å²) in [5.74, 6) is -0.382. The Labute approximate surface area is 226 Å². The maximum Gasteiger partial charge on any atom is 0.416 e. The number of alkyl halides is 3. The van der Waals surface area contributed by atoms with Crippen LogP contribution in [0.1, 0.15) is 41.5 Å². The summed E-state index contributed by atoms with van der Waals surface area (Å²) in [6, 6.07) is 12.3. The van der Waals surface area contributed by atoms with E-state index in [4.69, 9.17) is 14.2 Å². The smallest absolute Gasteiger partial charge is 0.416 e. The van der Waals surface area contributed by atoms with Crippen molar-refractivity contribution < 1.29 is 37.3 Å². The van der Waals surface area contributed by atoms with E-state index in [-0.39, 0.29) is 12.8 Å². The average Bonchev–Trinajstić information content (AvgIpc) is 3.49. The first-order valence-corrected chi connectivity index (χ1v) is 13.3. The van der Waals surface area contributed by atoms with E-state index in [0.717, 1.165) is 40.0 Å². The summed E-state index contributed by atoms with van der Waals surface area (Å²) in [5, 5.41) is 10.7. The number of ether oxygens (including phenoxy) is 3. The zero-order valence-corrected chi connectivity index (χ0v) is 21.9. The average molecular weight is 561 g/mol. The van der Waals surface area contributed by atoms with Crippen molar-refractivity contribution in [3.05, 3.63) is 70.9 Å². The fraction of sp³-hybridized carbons (Fsp3) is 0.357. The van der Waals surface area contributed by atoms with Crippen LogP contribution in [0.25, 0.3) is 21.5 Å². The molecule has 0 aliphatic carbocycles. The second-order valence-electron chi connectivity index (χ2n) is 9.31. The van der Waals surface area contributed by atoms with Crippen LogP contribution in [-0.4, -0.2) is 40.1 Å². The zero-order valence-electron chi connectivity index (χ0n) is 21.1. The van der Waals surface area contributed by atoms with Crippen LogP contribution in [0.2, 0.25) is 0 Å². The first kappa shape index (κ1) is 27.2. The molecule has 0 bridgehead atoms. The van der Waals surface area contributed by atoms with E-state index in [1.54, 1.807) is 10.8 Å². The predicted molar refractivity (Wildman–Crippen MR) is 140 cm³/mol. The molecule has 1 aliphatic rings. The van der Waals surface area contributed by atoms with Gasteiger partial charge in [-0.2, -0.15) is 13.2 Å². The molecule has 2 aromatic heterocycles. The molecule has 2 aromatic carbocycles. The number of rotatable bonds is 9. The van der Waals surface area contributed by atoms with E-state index >= 15 is 0 Å². The lowest BCUT2D eigenvalue weighted by atomic mass is 10.1. The Balaban J connectivity index is 1.43. The van der Waals surface area contributed by atoms with Crippen molar-refractivity contribution >= 4 is 28.2 Å². The van der Waals surface area contributed by atoms with Crippen molar-refractivity contribution in [1.29, 1.82) is 0 Å². The van der Waals surface area contributed by atoms with E-state index in [0.29, 0.717) is 42.4 Å². The Hall–Kier alpha value is -3.41. The number of fused-ring (bicyclic) bond motifs is 1. The number of aryl methyl sites for hydroxylation is 1. The van der Waals surface area contributed by atoms with Crippen LogP contribution in [0.4, 0.5) is 13.2 Å². The summed E-state index contributed by atoms with van der Waals surface area (Å²) in [5.41, 5.74) is 1.34. The van der Waals surface area contributed by atoms with Crippen LogP contribution >= 0.6 is 11.3 Å². The lowest BCUT2D eigenvalue weighted by Gasteiger charge is -2.25. The summed E-state index contributed by atoms with van der Waals surface area (Å²) in [6.45, 7) is 2.94. The van der Waals surface area contributed by atoms with E-state index < -0.39 is 23.8 Å². The normalized spacial score (nSPS) is 15.5. The third-order valence-electron chi connectivity index (χ3n) is 6.47. The van der Waals surface area contributed by atoms with Crippen molar-refractivity contribution in [2.24, 2.45) is 0 Å². The fourth-order valence-corrected chi connectivity index (χ4v) is 5.69. The van der Waals surface area contributed by atoms with Gasteiger partial charge >= 0.3 is 12.1 Å². The van der Waals surface area contributed by atoms with Gasteiger partial charge in [0.05, 0.1) is 34.9 Å². The summed E-state index contributed by atoms with van der Waals surface area (Å²) >= 11 is 1.37. The number of nitrogens with zero attached hydrogens (tertiary/aromatic N) is 2. The number of hydrogen-bond acceptors (Lipinski definition) is 6. The van der Waals surface area contributed by atoms with Gasteiger partial charge in [-0.3, -0.25) is 4.79 Å². The molecular formula is C28H27F3N2O5S. The molecule has 7 nitrogen and oxygen atoms in total. The minimum absolute atomic E-state index is 0.169. The topological polar surface area (TPSA) is 82.8 Å². The molecule has 1 fully saturated rings. The molecule has 0 amide bonds. The minimum Gasteiger partial charge on any atom is -0.485 e. The number of carboxylic acids is 1. The fourth-order valence-electron chi connectivity index (χ4n) is 4.55. The van der Waals surface area contributed by atoms with Crippen molar-refractivity contribution in [3.8, 4) is 16.3 Å². The first-order chi connectivity index (χ1) is 18.7. The molecule has 0 spiro atoms. The van der Waals surface area contributed by atoms with Crippen LogP contribution in [0.15, 0.2) is 54.7 Å². The number of thiazole rings is 1. The number of halogens is 3. The monoisotopic (exact) mass is 560 g/mol. The van der Waals surface area contributed by atoms with E-state index in [9.17, 15) is 23.1 Å². The van der Waals surface area contributed by atoms with E-state index in [2.05, 4.69) is 4.98 Å². The van der Waals surface area contributed by atoms with Crippen LogP contribution in [-0.2, 0) is 27.0 Å². The molecule has 1 N–H and O–H groups in total. The highest BCUT2D eigenvalue weighted by Gasteiger charge is 2.30. The number of hydrogen-bond donors (Lipinski definition) is 1. The standard InChI is InChI=1S/C28H27F3N2O5S/c1-17-26(39-27(32-17)19-3-6-20(7-4-19)28(29,30)31)23(9-10-25-36-13-2-14-37-25)38-21-8-5-18-11-12-33(16-24(34)35)22(18)15-21/h3-8,11-12,15,23,25H,2,9-10,13-14,16H2,1H3,(H,34,35).